The summed E-state index contributed by atoms with van der Waals surface area (Å²) in [6.45, 7) is 3.81. The van der Waals surface area contributed by atoms with Crippen molar-refractivity contribution in [2.45, 2.75) is 20.3 Å². The lowest BCUT2D eigenvalue weighted by Crippen LogP contribution is -2.23. The lowest BCUT2D eigenvalue weighted by Gasteiger charge is -2.02. The second kappa shape index (κ2) is 7.38. The van der Waals surface area contributed by atoms with Crippen molar-refractivity contribution in [3.8, 4) is 5.75 Å². The molecule has 0 saturated carbocycles. The molecule has 0 saturated heterocycles. The molecule has 3 rings (SSSR count). The van der Waals surface area contributed by atoms with Gasteiger partial charge in [-0.05, 0) is 37.6 Å². The third kappa shape index (κ3) is 3.83. The van der Waals surface area contributed by atoms with Gasteiger partial charge in [-0.25, -0.2) is 10.4 Å². The maximum absolute atomic E-state index is 12.2. The van der Waals surface area contributed by atoms with Crippen LogP contribution in [0, 0.1) is 13.8 Å². The highest BCUT2D eigenvalue weighted by Gasteiger charge is 2.13. The Balaban J connectivity index is 1.72. The fourth-order valence-corrected chi connectivity index (χ4v) is 3.80. The SMILES string of the molecule is Cc1sc2nc(CC(=O)N/N=C/c3cc(Br)ccc3O)[nH]c(=O)c2c1C. The summed E-state index contributed by atoms with van der Waals surface area (Å²) in [7, 11) is 0. The number of aromatic nitrogens is 2. The Morgan fingerprint density at radius 2 is 2.23 bits per heavy atom. The molecule has 0 radical (unpaired) electrons. The highest BCUT2D eigenvalue weighted by atomic mass is 79.9. The second-order valence-electron chi connectivity index (χ2n) is 5.65. The molecule has 26 heavy (non-hydrogen) atoms. The van der Waals surface area contributed by atoms with Gasteiger partial charge in [0.25, 0.3) is 5.56 Å². The van der Waals surface area contributed by atoms with Crippen LogP contribution in [0.15, 0.2) is 32.6 Å². The van der Waals surface area contributed by atoms with Crippen LogP contribution < -0.4 is 11.0 Å². The number of rotatable bonds is 4. The zero-order valence-electron chi connectivity index (χ0n) is 14.0. The zero-order valence-corrected chi connectivity index (χ0v) is 16.4. The number of hydrogen-bond donors (Lipinski definition) is 3. The summed E-state index contributed by atoms with van der Waals surface area (Å²) < 4.78 is 0.777. The van der Waals surface area contributed by atoms with Gasteiger partial charge in [-0.3, -0.25) is 9.59 Å². The summed E-state index contributed by atoms with van der Waals surface area (Å²) in [6, 6.07) is 4.87. The Morgan fingerprint density at radius 1 is 1.46 bits per heavy atom. The summed E-state index contributed by atoms with van der Waals surface area (Å²) in [4.78, 5) is 32.9. The number of carbonyl (C=O) groups excluding carboxylic acids is 1. The summed E-state index contributed by atoms with van der Waals surface area (Å²) in [6.07, 6.45) is 1.23. The van der Waals surface area contributed by atoms with Crippen LogP contribution in [0.3, 0.4) is 0 Å². The van der Waals surface area contributed by atoms with E-state index < -0.39 is 5.91 Å². The van der Waals surface area contributed by atoms with Gasteiger partial charge in [0.2, 0.25) is 5.91 Å². The van der Waals surface area contributed by atoms with Crippen molar-refractivity contribution in [2.75, 3.05) is 0 Å². The fourth-order valence-electron chi connectivity index (χ4n) is 2.38. The minimum absolute atomic E-state index is 0.0473. The van der Waals surface area contributed by atoms with Crippen molar-refractivity contribution in [3.63, 3.8) is 0 Å². The second-order valence-corrected chi connectivity index (χ2v) is 7.77. The van der Waals surface area contributed by atoms with Crippen molar-refractivity contribution in [1.29, 1.82) is 0 Å². The van der Waals surface area contributed by atoms with Crippen LogP contribution in [0.5, 0.6) is 5.75 Å². The van der Waals surface area contributed by atoms with E-state index in [4.69, 9.17) is 0 Å². The van der Waals surface area contributed by atoms with Gasteiger partial charge in [0.05, 0.1) is 18.0 Å². The Hall–Kier alpha value is -2.52. The number of hydrazone groups is 1. The van der Waals surface area contributed by atoms with Crippen molar-refractivity contribution in [2.24, 2.45) is 5.10 Å². The Kier molecular flexibility index (Phi) is 5.19. The molecular formula is C17H15BrN4O3S. The molecule has 3 aromatic rings. The number of amides is 1. The maximum atomic E-state index is 12.2. The lowest BCUT2D eigenvalue weighted by atomic mass is 10.2. The number of hydrogen-bond acceptors (Lipinski definition) is 6. The summed E-state index contributed by atoms with van der Waals surface area (Å²) >= 11 is 4.72. The average molecular weight is 435 g/mol. The van der Waals surface area contributed by atoms with Crippen LogP contribution in [-0.2, 0) is 11.2 Å². The molecule has 1 aromatic carbocycles. The number of halogens is 1. The number of phenols is 1. The van der Waals surface area contributed by atoms with E-state index in [0.717, 1.165) is 14.9 Å². The summed E-state index contributed by atoms with van der Waals surface area (Å²) in [5, 5.41) is 14.1. The number of aromatic hydroxyl groups is 1. The van der Waals surface area contributed by atoms with Gasteiger partial charge in [-0.2, -0.15) is 5.10 Å². The van der Waals surface area contributed by atoms with E-state index in [1.54, 1.807) is 12.1 Å². The van der Waals surface area contributed by atoms with Crippen molar-refractivity contribution in [3.05, 3.63) is 54.9 Å². The van der Waals surface area contributed by atoms with Gasteiger partial charge in [0, 0.05) is 14.9 Å². The van der Waals surface area contributed by atoms with Gasteiger partial charge in [0.1, 0.15) is 16.4 Å². The fraction of sp³-hybridized carbons (Fsp3) is 0.176. The molecule has 0 bridgehead atoms. The van der Waals surface area contributed by atoms with Crippen LogP contribution in [0.25, 0.3) is 10.2 Å². The predicted molar refractivity (Wildman–Crippen MR) is 105 cm³/mol. The molecule has 3 N–H and O–H groups in total. The average Bonchev–Trinajstić information content (AvgIpc) is 2.85. The number of carbonyl (C=O) groups is 1. The van der Waals surface area contributed by atoms with Crippen LogP contribution >= 0.6 is 27.3 Å². The van der Waals surface area contributed by atoms with E-state index in [2.05, 4.69) is 36.4 Å². The monoisotopic (exact) mass is 434 g/mol. The first-order chi connectivity index (χ1) is 12.3. The lowest BCUT2D eigenvalue weighted by molar-refractivity contribution is -0.120. The molecule has 2 aromatic heterocycles. The Morgan fingerprint density at radius 3 is 3.00 bits per heavy atom. The standard InChI is InChI=1S/C17H15BrN4O3S/c1-8-9(2)26-17-15(8)16(25)20-13(21-17)6-14(24)22-19-7-10-5-11(18)3-4-12(10)23/h3-5,7,23H,6H2,1-2H3,(H,22,24)(H,20,21,25)/b19-7+. The van der Waals surface area contributed by atoms with Crippen molar-refractivity contribution < 1.29 is 9.90 Å². The number of aryl methyl sites for hydroxylation is 2. The van der Waals surface area contributed by atoms with E-state index >= 15 is 0 Å². The zero-order chi connectivity index (χ0) is 18.8. The molecule has 0 spiro atoms. The van der Waals surface area contributed by atoms with Crippen LogP contribution in [0.4, 0.5) is 0 Å². The van der Waals surface area contributed by atoms with Gasteiger partial charge < -0.3 is 10.1 Å². The maximum Gasteiger partial charge on any atom is 0.259 e. The molecule has 0 aliphatic heterocycles. The van der Waals surface area contributed by atoms with Crippen LogP contribution in [-0.4, -0.2) is 27.2 Å². The highest BCUT2D eigenvalue weighted by Crippen LogP contribution is 2.25. The highest BCUT2D eigenvalue weighted by molar-refractivity contribution is 9.10. The molecule has 0 unspecified atom stereocenters. The van der Waals surface area contributed by atoms with Crippen LogP contribution in [0.2, 0.25) is 0 Å². The van der Waals surface area contributed by atoms with E-state index in [9.17, 15) is 14.7 Å². The topological polar surface area (TPSA) is 107 Å². The first-order valence-corrected chi connectivity index (χ1v) is 9.25. The summed E-state index contributed by atoms with van der Waals surface area (Å²) in [5.41, 5.74) is 3.47. The number of benzene rings is 1. The number of aromatic amines is 1. The number of fused-ring (bicyclic) bond motifs is 1. The van der Waals surface area contributed by atoms with Crippen molar-refractivity contribution >= 4 is 49.6 Å². The molecule has 0 aliphatic rings. The molecule has 7 nitrogen and oxygen atoms in total. The van der Waals surface area contributed by atoms with Gasteiger partial charge >= 0.3 is 0 Å². The summed E-state index contributed by atoms with van der Waals surface area (Å²) in [5.74, 6) is -0.101. The largest absolute Gasteiger partial charge is 0.507 e. The van der Waals surface area contributed by atoms with Crippen molar-refractivity contribution in [1.82, 2.24) is 15.4 Å². The molecule has 0 fully saturated rings. The third-order valence-corrected chi connectivity index (χ3v) is 5.39. The van der Waals surface area contributed by atoms with Gasteiger partial charge in [-0.15, -0.1) is 11.3 Å². The number of nitrogens with zero attached hydrogens (tertiary/aromatic N) is 2. The molecule has 0 atom stereocenters. The molecule has 0 aliphatic carbocycles. The van der Waals surface area contributed by atoms with E-state index in [1.807, 2.05) is 13.8 Å². The van der Waals surface area contributed by atoms with E-state index in [0.29, 0.717) is 15.8 Å². The predicted octanol–water partition coefficient (Wildman–Crippen LogP) is 2.76. The molecule has 9 heteroatoms. The quantitative estimate of drug-likeness (QED) is 0.433. The number of phenolic OH excluding ortho intramolecular Hbond substituents is 1. The Bertz CT molecular complexity index is 1090. The molecule has 2 heterocycles. The number of nitrogens with one attached hydrogen (secondary N) is 2. The normalized spacial score (nSPS) is 11.3. The molecule has 134 valence electrons. The van der Waals surface area contributed by atoms with E-state index in [1.165, 1.54) is 23.6 Å². The Labute approximate surface area is 160 Å². The minimum Gasteiger partial charge on any atom is -0.507 e. The number of H-pyrrole nitrogens is 1. The molecular weight excluding hydrogens is 420 g/mol. The molecule has 1 amide bonds. The van der Waals surface area contributed by atoms with E-state index in [-0.39, 0.29) is 23.6 Å². The number of thiophene rings is 1. The minimum atomic E-state index is -0.428. The third-order valence-electron chi connectivity index (χ3n) is 3.80. The first-order valence-electron chi connectivity index (χ1n) is 7.64. The van der Waals surface area contributed by atoms with Gasteiger partial charge in [-0.1, -0.05) is 15.9 Å². The first kappa shape index (κ1) is 18.3. The smallest absolute Gasteiger partial charge is 0.259 e. The van der Waals surface area contributed by atoms with Crippen LogP contribution in [0.1, 0.15) is 21.8 Å². The van der Waals surface area contributed by atoms with Gasteiger partial charge in [0.15, 0.2) is 0 Å².